The summed E-state index contributed by atoms with van der Waals surface area (Å²) in [5, 5.41) is 0. The molecule has 0 saturated carbocycles. The molecule has 0 saturated heterocycles. The van der Waals surface area contributed by atoms with E-state index < -0.39 is 0 Å². The predicted octanol–water partition coefficient (Wildman–Crippen LogP) is 12.8. The molecule has 0 aliphatic carbocycles. The number of rotatable bonds is 9. The largest absolute Gasteiger partial charge is 0.311 e. The third-order valence-electron chi connectivity index (χ3n) is 8.28. The Hall–Kier alpha value is -5.25. The molecule has 0 spiro atoms. The quantitative estimate of drug-likeness (QED) is 0.126. The van der Waals surface area contributed by atoms with Crippen molar-refractivity contribution in [3.8, 4) is 0 Å². The van der Waals surface area contributed by atoms with Crippen LogP contribution < -0.4 is 9.80 Å². The van der Waals surface area contributed by atoms with Crippen molar-refractivity contribution in [2.24, 2.45) is 0 Å². The maximum atomic E-state index is 4.84. The van der Waals surface area contributed by atoms with Gasteiger partial charge in [0.05, 0.1) is 0 Å². The minimum absolute atomic E-state index is 0.909. The fraction of sp³-hybridized carbons (Fsp3) is 0.0909. The lowest BCUT2D eigenvalue weighted by Gasteiger charge is -2.26. The molecule has 0 aliphatic rings. The van der Waals surface area contributed by atoms with Gasteiger partial charge in [-0.3, -0.25) is 0 Å². The fourth-order valence-electron chi connectivity index (χ4n) is 5.53. The minimum Gasteiger partial charge on any atom is -0.311 e. The summed E-state index contributed by atoms with van der Waals surface area (Å²) in [5.41, 5.74) is 13.9. The molecule has 0 atom stereocenters. The van der Waals surface area contributed by atoms with Crippen molar-refractivity contribution in [1.29, 1.82) is 0 Å². The van der Waals surface area contributed by atoms with Crippen LogP contribution in [0.5, 0.6) is 0 Å². The lowest BCUT2D eigenvalue weighted by molar-refractivity contribution is 1.27. The van der Waals surface area contributed by atoms with E-state index in [0.717, 1.165) is 50.2 Å². The molecule has 3 heteroatoms. The molecule has 6 rings (SSSR count). The van der Waals surface area contributed by atoms with Gasteiger partial charge < -0.3 is 9.80 Å². The number of benzene rings is 6. The van der Waals surface area contributed by atoms with Crippen molar-refractivity contribution >= 4 is 57.7 Å². The summed E-state index contributed by atoms with van der Waals surface area (Å²) in [6.45, 7) is 8.47. The first-order chi connectivity index (χ1) is 22.8. The van der Waals surface area contributed by atoms with Crippen LogP contribution in [0.25, 0.3) is 11.0 Å². The molecule has 0 radical (unpaired) electrons. The second-order valence-electron chi connectivity index (χ2n) is 12.1. The first kappa shape index (κ1) is 31.7. The molecule has 6 aromatic carbocycles. The van der Waals surface area contributed by atoms with Crippen molar-refractivity contribution in [3.63, 3.8) is 0 Å². The fourth-order valence-corrected chi connectivity index (χ4v) is 5.77. The Morgan fingerprint density at radius 2 is 0.681 bits per heavy atom. The number of nitrogens with zero attached hydrogens (tertiary/aromatic N) is 2. The van der Waals surface area contributed by atoms with Crippen LogP contribution in [0.1, 0.15) is 33.4 Å². The second-order valence-corrected chi connectivity index (χ2v) is 12.5. The molecular weight excluding hydrogens is 589 g/mol. The maximum Gasteiger partial charge on any atom is 0.0462 e. The number of aryl methyl sites for hydroxylation is 4. The zero-order valence-corrected chi connectivity index (χ0v) is 28.3. The summed E-state index contributed by atoms with van der Waals surface area (Å²) >= 11 is 4.84. The van der Waals surface area contributed by atoms with Gasteiger partial charge in [-0.25, -0.2) is 0 Å². The highest BCUT2D eigenvalue weighted by atomic mass is 32.1. The normalized spacial score (nSPS) is 11.6. The Morgan fingerprint density at radius 3 is 1.00 bits per heavy atom. The van der Waals surface area contributed by atoms with Crippen molar-refractivity contribution < 1.29 is 0 Å². The van der Waals surface area contributed by atoms with Gasteiger partial charge in [-0.05, 0) is 118 Å². The standard InChI is InChI=1S/C44H40N2S/c1-32-8-20-38(21-9-32)45(39-22-10-33(2)11-23-39)42-28-16-36(17-29-42)6-5-7-44(47)37-18-30-43(31-19-37)46(40-24-12-34(3)13-25-40)41-26-14-35(4)15-27-41/h5-31,47H,1-4H3/b6-5+,44-7-. The molecule has 2 nitrogen and oxygen atoms in total. The molecule has 0 fully saturated rings. The summed E-state index contributed by atoms with van der Waals surface area (Å²) < 4.78 is 0. The number of anilines is 6. The van der Waals surface area contributed by atoms with E-state index in [9.17, 15) is 0 Å². The zero-order valence-electron chi connectivity index (χ0n) is 27.4. The lowest BCUT2D eigenvalue weighted by Crippen LogP contribution is -2.09. The summed E-state index contributed by atoms with van der Waals surface area (Å²) in [7, 11) is 0. The highest BCUT2D eigenvalue weighted by molar-refractivity contribution is 7.90. The summed E-state index contributed by atoms with van der Waals surface area (Å²) in [5.74, 6) is 0. The molecule has 0 aliphatic heterocycles. The van der Waals surface area contributed by atoms with Gasteiger partial charge in [0, 0.05) is 39.0 Å². The van der Waals surface area contributed by atoms with Gasteiger partial charge in [-0.1, -0.05) is 107 Å². The van der Waals surface area contributed by atoms with Crippen molar-refractivity contribution in [2.45, 2.75) is 27.7 Å². The van der Waals surface area contributed by atoms with Crippen LogP contribution in [0.4, 0.5) is 34.1 Å². The van der Waals surface area contributed by atoms with Crippen molar-refractivity contribution in [3.05, 3.63) is 191 Å². The Bertz CT molecular complexity index is 1880. The van der Waals surface area contributed by atoms with E-state index in [1.165, 1.54) is 22.3 Å². The van der Waals surface area contributed by atoms with E-state index in [1.54, 1.807) is 0 Å². The lowest BCUT2D eigenvalue weighted by atomic mass is 10.1. The topological polar surface area (TPSA) is 6.48 Å². The highest BCUT2D eigenvalue weighted by Crippen LogP contribution is 2.37. The van der Waals surface area contributed by atoms with Gasteiger partial charge in [-0.15, -0.1) is 12.6 Å². The van der Waals surface area contributed by atoms with E-state index in [-0.39, 0.29) is 0 Å². The third-order valence-corrected chi connectivity index (χ3v) is 8.69. The Labute approximate surface area is 285 Å². The van der Waals surface area contributed by atoms with Crippen LogP contribution in [0, 0.1) is 27.7 Å². The van der Waals surface area contributed by atoms with Crippen LogP contribution >= 0.6 is 12.6 Å². The van der Waals surface area contributed by atoms with E-state index >= 15 is 0 Å². The summed E-state index contributed by atoms with van der Waals surface area (Å²) in [4.78, 5) is 5.49. The van der Waals surface area contributed by atoms with Gasteiger partial charge in [0.15, 0.2) is 0 Å². The SMILES string of the molecule is Cc1ccc(N(c2ccc(C)cc2)c2ccc(/C=C/C=C(\S)c3ccc(N(c4ccc(C)cc4)c4ccc(C)cc4)cc3)cc2)cc1. The van der Waals surface area contributed by atoms with Crippen LogP contribution in [-0.2, 0) is 0 Å². The molecule has 0 amide bonds. The van der Waals surface area contributed by atoms with Crippen LogP contribution in [0.2, 0.25) is 0 Å². The average Bonchev–Trinajstić information content (AvgIpc) is 3.09. The molecule has 232 valence electrons. The second kappa shape index (κ2) is 14.5. The van der Waals surface area contributed by atoms with E-state index in [0.29, 0.717) is 0 Å². The van der Waals surface area contributed by atoms with E-state index in [1.807, 2.05) is 0 Å². The third kappa shape index (κ3) is 7.77. The van der Waals surface area contributed by atoms with Gasteiger partial charge in [-0.2, -0.15) is 0 Å². The molecule has 0 bridgehead atoms. The highest BCUT2D eigenvalue weighted by Gasteiger charge is 2.14. The first-order valence-corrected chi connectivity index (χ1v) is 16.4. The van der Waals surface area contributed by atoms with E-state index in [2.05, 4.69) is 201 Å². The van der Waals surface area contributed by atoms with Crippen LogP contribution in [0.15, 0.2) is 158 Å². The Morgan fingerprint density at radius 1 is 0.404 bits per heavy atom. The Kier molecular flexibility index (Phi) is 9.75. The number of hydrogen-bond acceptors (Lipinski definition) is 3. The summed E-state index contributed by atoms with van der Waals surface area (Å²) in [6, 6.07) is 51.9. The molecule has 47 heavy (non-hydrogen) atoms. The van der Waals surface area contributed by atoms with Crippen molar-refractivity contribution in [1.82, 2.24) is 0 Å². The van der Waals surface area contributed by atoms with Gasteiger partial charge >= 0.3 is 0 Å². The maximum absolute atomic E-state index is 4.84. The predicted molar refractivity (Wildman–Crippen MR) is 207 cm³/mol. The molecule has 0 heterocycles. The van der Waals surface area contributed by atoms with Crippen molar-refractivity contribution in [2.75, 3.05) is 9.80 Å². The van der Waals surface area contributed by atoms with Gasteiger partial charge in [0.1, 0.15) is 0 Å². The average molecular weight is 629 g/mol. The summed E-state index contributed by atoms with van der Waals surface area (Å²) in [6.07, 6.45) is 6.23. The van der Waals surface area contributed by atoms with Crippen LogP contribution in [0.3, 0.4) is 0 Å². The Balaban J connectivity index is 1.19. The monoisotopic (exact) mass is 628 g/mol. The molecule has 0 N–H and O–H groups in total. The number of allylic oxidation sites excluding steroid dienone is 2. The number of hydrogen-bond donors (Lipinski definition) is 1. The molecule has 6 aromatic rings. The smallest absolute Gasteiger partial charge is 0.0462 e. The molecule has 0 aromatic heterocycles. The van der Waals surface area contributed by atoms with Gasteiger partial charge in [0.2, 0.25) is 0 Å². The van der Waals surface area contributed by atoms with Gasteiger partial charge in [0.25, 0.3) is 0 Å². The first-order valence-electron chi connectivity index (χ1n) is 16.0. The zero-order chi connectivity index (χ0) is 32.8. The minimum atomic E-state index is 0.909. The molecule has 0 unspecified atom stereocenters. The van der Waals surface area contributed by atoms with Crippen LogP contribution in [-0.4, -0.2) is 0 Å². The van der Waals surface area contributed by atoms with E-state index in [4.69, 9.17) is 12.6 Å². The number of thiol groups is 1. The molecular formula is C44H40N2S.